The maximum atomic E-state index is 14.0. The number of hydrogen-bond acceptors (Lipinski definition) is 5. The number of rotatable bonds is 2. The molecule has 210 valence electrons. The highest BCUT2D eigenvalue weighted by Crippen LogP contribution is 2.46. The van der Waals surface area contributed by atoms with Gasteiger partial charge in [0.2, 0.25) is 0 Å². The van der Waals surface area contributed by atoms with Crippen molar-refractivity contribution in [1.29, 1.82) is 0 Å². The summed E-state index contributed by atoms with van der Waals surface area (Å²) in [6.45, 7) is 2.55. The van der Waals surface area contributed by atoms with Crippen LogP contribution in [0.25, 0.3) is 0 Å². The van der Waals surface area contributed by atoms with Crippen LogP contribution in [0.2, 0.25) is 5.02 Å². The van der Waals surface area contributed by atoms with Gasteiger partial charge in [0, 0.05) is 5.69 Å². The van der Waals surface area contributed by atoms with Crippen LogP contribution >= 0.6 is 11.6 Å². The molecule has 15 heteroatoms. The summed E-state index contributed by atoms with van der Waals surface area (Å²) in [6, 6.07) is 0.986. The van der Waals surface area contributed by atoms with Gasteiger partial charge < -0.3 is 19.1 Å². The molecule has 2 fully saturated rings. The van der Waals surface area contributed by atoms with E-state index in [4.69, 9.17) is 25.8 Å². The van der Waals surface area contributed by atoms with Crippen LogP contribution in [0.1, 0.15) is 25.0 Å². The van der Waals surface area contributed by atoms with Crippen molar-refractivity contribution in [1.82, 2.24) is 0 Å². The van der Waals surface area contributed by atoms with Crippen molar-refractivity contribution < 1.29 is 54.5 Å². The van der Waals surface area contributed by atoms with Crippen LogP contribution in [-0.4, -0.2) is 49.0 Å². The van der Waals surface area contributed by atoms with E-state index in [0.717, 1.165) is 11.0 Å². The predicted molar refractivity (Wildman–Crippen MR) is 121 cm³/mol. The van der Waals surface area contributed by atoms with Gasteiger partial charge in [-0.1, -0.05) is 11.6 Å². The number of carbonyl (C=O) groups is 2. The highest BCUT2D eigenvalue weighted by Gasteiger charge is 2.61. The lowest BCUT2D eigenvalue weighted by atomic mass is 10.0. The third kappa shape index (κ3) is 4.67. The van der Waals surface area contributed by atoms with E-state index >= 15 is 0 Å². The maximum Gasteiger partial charge on any atom is 0.416 e. The Hall–Kier alpha value is -3.10. The summed E-state index contributed by atoms with van der Waals surface area (Å²) >= 11 is 5.98. The zero-order valence-electron chi connectivity index (χ0n) is 20.0. The van der Waals surface area contributed by atoms with Crippen molar-refractivity contribution in [3.8, 4) is 5.75 Å². The molecule has 0 N–H and O–H groups in total. The van der Waals surface area contributed by atoms with Crippen molar-refractivity contribution in [3.63, 3.8) is 0 Å². The molecule has 0 aliphatic carbocycles. The van der Waals surface area contributed by atoms with E-state index in [-0.39, 0.29) is 30.7 Å². The summed E-state index contributed by atoms with van der Waals surface area (Å²) in [7, 11) is 0. The largest absolute Gasteiger partial charge is 0.488 e. The molecule has 0 unspecified atom stereocenters. The lowest BCUT2D eigenvalue weighted by Crippen LogP contribution is -2.54. The monoisotopic (exact) mass is 582 g/mol. The van der Waals surface area contributed by atoms with Crippen LogP contribution in [0.5, 0.6) is 5.75 Å². The number of anilines is 2. The van der Waals surface area contributed by atoms with Gasteiger partial charge in [-0.05, 0) is 44.2 Å². The average molecular weight is 583 g/mol. The molecule has 2 aromatic carbocycles. The first-order valence-electron chi connectivity index (χ1n) is 11.4. The van der Waals surface area contributed by atoms with Crippen LogP contribution in [0.15, 0.2) is 30.3 Å². The fourth-order valence-corrected chi connectivity index (χ4v) is 5.08. The molecule has 0 saturated carbocycles. The Morgan fingerprint density at radius 1 is 1.03 bits per heavy atom. The number of amides is 2. The molecule has 3 aliphatic rings. The van der Waals surface area contributed by atoms with Gasteiger partial charge in [-0.2, -0.15) is 26.3 Å². The molecule has 2 aromatic rings. The van der Waals surface area contributed by atoms with Gasteiger partial charge in [-0.25, -0.2) is 4.39 Å². The second-order valence-electron chi connectivity index (χ2n) is 9.49. The molecule has 7 nitrogen and oxygen atoms in total. The average Bonchev–Trinajstić information content (AvgIpc) is 3.29. The van der Waals surface area contributed by atoms with E-state index < -0.39 is 75.9 Å². The highest BCUT2D eigenvalue weighted by molar-refractivity contribution is 6.33. The standard InChI is InChI=1S/C24H18ClF7N2O5/c1-22(2)38-18-16(20(35)33-5-6-37-17-14(33)4-3-13(26)15(17)25)34(21(36)19(18)39-22)12-8-10(23(27,28)29)7-11(9-12)24(30,31)32/h3-4,7-9,16,18-19H,5-6H2,1-2H3/t16-,18-,19-/m0/s1. The molecule has 0 spiro atoms. The number of halogens is 8. The summed E-state index contributed by atoms with van der Waals surface area (Å²) in [5.41, 5.74) is -4.19. The van der Waals surface area contributed by atoms with Crippen molar-refractivity contribution >= 4 is 34.8 Å². The van der Waals surface area contributed by atoms with Gasteiger partial charge >= 0.3 is 12.4 Å². The molecule has 3 atom stereocenters. The molecular weight excluding hydrogens is 565 g/mol. The SMILES string of the molecule is CC1(C)O[C@@H]2[C@H](O1)C(=O)N(c1cc(C(F)(F)F)cc(C(F)(F)F)c1)[C@@H]2C(=O)N1CCOc2c1ccc(F)c2Cl. The molecule has 39 heavy (non-hydrogen) atoms. The molecule has 0 radical (unpaired) electrons. The van der Waals surface area contributed by atoms with Crippen molar-refractivity contribution in [2.24, 2.45) is 0 Å². The van der Waals surface area contributed by atoms with E-state index in [2.05, 4.69) is 0 Å². The van der Waals surface area contributed by atoms with Crippen LogP contribution in [0.4, 0.5) is 42.1 Å². The first kappa shape index (κ1) is 27.5. The van der Waals surface area contributed by atoms with Crippen LogP contribution in [0.3, 0.4) is 0 Å². The lowest BCUT2D eigenvalue weighted by molar-refractivity contribution is -0.161. The van der Waals surface area contributed by atoms with E-state index in [1.165, 1.54) is 19.9 Å². The van der Waals surface area contributed by atoms with E-state index in [9.17, 15) is 40.3 Å². The van der Waals surface area contributed by atoms with Gasteiger partial charge in [0.1, 0.15) is 29.6 Å². The number of alkyl halides is 6. The third-order valence-electron chi connectivity index (χ3n) is 6.45. The van der Waals surface area contributed by atoms with E-state index in [1.54, 1.807) is 0 Å². The Bertz CT molecular complexity index is 1330. The Morgan fingerprint density at radius 2 is 1.64 bits per heavy atom. The quantitative estimate of drug-likeness (QED) is 0.457. The minimum atomic E-state index is -5.20. The molecule has 3 heterocycles. The summed E-state index contributed by atoms with van der Waals surface area (Å²) in [6.07, 6.45) is -13.3. The van der Waals surface area contributed by atoms with Crippen LogP contribution in [0, 0.1) is 5.82 Å². The first-order valence-corrected chi connectivity index (χ1v) is 11.8. The number of nitrogens with zero attached hydrogens (tertiary/aromatic N) is 2. The van der Waals surface area contributed by atoms with Gasteiger partial charge in [-0.3, -0.25) is 14.5 Å². The number of hydrogen-bond donors (Lipinski definition) is 0. The van der Waals surface area contributed by atoms with Gasteiger partial charge in [0.05, 0.1) is 23.4 Å². The minimum Gasteiger partial charge on any atom is -0.488 e. The second kappa shape index (κ2) is 8.96. The van der Waals surface area contributed by atoms with Crippen molar-refractivity contribution in [2.45, 2.75) is 50.2 Å². The zero-order chi connectivity index (χ0) is 28.7. The van der Waals surface area contributed by atoms with Crippen molar-refractivity contribution in [2.75, 3.05) is 23.0 Å². The number of benzene rings is 2. The third-order valence-corrected chi connectivity index (χ3v) is 6.80. The maximum absolute atomic E-state index is 14.0. The van der Waals surface area contributed by atoms with E-state index in [0.29, 0.717) is 17.0 Å². The van der Waals surface area contributed by atoms with Gasteiger partial charge in [0.15, 0.2) is 17.6 Å². The second-order valence-corrected chi connectivity index (χ2v) is 9.86. The lowest BCUT2D eigenvalue weighted by Gasteiger charge is -2.36. The van der Waals surface area contributed by atoms with Gasteiger partial charge in [-0.15, -0.1) is 0 Å². The molecule has 5 rings (SSSR count). The summed E-state index contributed by atoms with van der Waals surface area (Å²) in [5, 5.41) is -0.434. The smallest absolute Gasteiger partial charge is 0.416 e. The molecule has 0 aromatic heterocycles. The zero-order valence-corrected chi connectivity index (χ0v) is 20.7. The normalized spacial score (nSPS) is 24.5. The Morgan fingerprint density at radius 3 is 2.23 bits per heavy atom. The predicted octanol–water partition coefficient (Wildman–Crippen LogP) is 5.18. The molecule has 2 amide bonds. The number of carbonyl (C=O) groups excluding carboxylic acids is 2. The fourth-order valence-electron chi connectivity index (χ4n) is 4.87. The Kier molecular flexibility index (Phi) is 6.31. The molecule has 3 aliphatic heterocycles. The summed E-state index contributed by atoms with van der Waals surface area (Å²) in [5.74, 6) is -4.43. The summed E-state index contributed by atoms with van der Waals surface area (Å²) in [4.78, 5) is 29.0. The minimum absolute atomic E-state index is 0.00769. The molecule has 2 saturated heterocycles. The topological polar surface area (TPSA) is 68.3 Å². The number of fused-ring (bicyclic) bond motifs is 2. The molecule has 0 bridgehead atoms. The summed E-state index contributed by atoms with van der Waals surface area (Å²) < 4.78 is 112. The van der Waals surface area contributed by atoms with Crippen LogP contribution in [-0.2, 0) is 31.4 Å². The van der Waals surface area contributed by atoms with Crippen molar-refractivity contribution in [3.05, 3.63) is 52.3 Å². The first-order chi connectivity index (χ1) is 18.0. The Labute approximate surface area is 220 Å². The van der Waals surface area contributed by atoms with Gasteiger partial charge in [0.25, 0.3) is 11.8 Å². The number of ether oxygens (including phenoxy) is 3. The van der Waals surface area contributed by atoms with E-state index in [1.807, 2.05) is 0 Å². The molecular formula is C24H18ClF7N2O5. The Balaban J connectivity index is 1.65. The fraction of sp³-hybridized carbons (Fsp3) is 0.417. The highest BCUT2D eigenvalue weighted by atomic mass is 35.5. The van der Waals surface area contributed by atoms with Crippen LogP contribution < -0.4 is 14.5 Å².